The summed E-state index contributed by atoms with van der Waals surface area (Å²) in [5.41, 5.74) is 10.5. The molecule has 0 unspecified atom stereocenters. The molecule has 1 amide bonds. The largest absolute Gasteiger partial charge is 0.431 e. The molecule has 0 fully saturated rings. The number of aromatic nitrogens is 1. The smallest absolute Gasteiger partial charge is 0.254 e. The molecule has 4 aromatic rings. The lowest BCUT2D eigenvalue weighted by Gasteiger charge is -2.05. The van der Waals surface area contributed by atoms with Crippen molar-refractivity contribution in [2.75, 3.05) is 0 Å². The number of nitrogens with one attached hydrogen (secondary N) is 1. The zero-order valence-electron chi connectivity index (χ0n) is 15.8. The number of amides is 1. The van der Waals surface area contributed by atoms with E-state index in [2.05, 4.69) is 9.98 Å². The Balaban J connectivity index is 1.86. The van der Waals surface area contributed by atoms with E-state index in [-0.39, 0.29) is 17.7 Å². The maximum atomic E-state index is 12.0. The molecule has 0 radical (unpaired) electrons. The van der Waals surface area contributed by atoms with E-state index in [9.17, 15) is 9.90 Å². The highest BCUT2D eigenvalue weighted by molar-refractivity contribution is 5.96. The van der Waals surface area contributed by atoms with E-state index in [4.69, 9.17) is 10.2 Å². The fourth-order valence-corrected chi connectivity index (χ4v) is 3.20. The SMILES string of the molecule is Cc1[nH+]cc(CO)c2cc(C(N)=O)c(=Nc3ccc(-c4ccccc4)cc3)oc12. The molecule has 6 heteroatoms. The van der Waals surface area contributed by atoms with E-state index in [0.717, 1.165) is 16.8 Å². The van der Waals surface area contributed by atoms with Crippen molar-refractivity contribution < 1.29 is 19.3 Å². The first-order valence-electron chi connectivity index (χ1n) is 9.15. The highest BCUT2D eigenvalue weighted by Crippen LogP contribution is 2.23. The number of nitrogens with two attached hydrogens (primary N) is 1. The number of fused-ring (bicyclic) bond motifs is 1. The summed E-state index contributed by atoms with van der Waals surface area (Å²) in [4.78, 5) is 19.6. The molecule has 2 aromatic heterocycles. The van der Waals surface area contributed by atoms with E-state index >= 15 is 0 Å². The molecule has 0 spiro atoms. The van der Waals surface area contributed by atoms with Crippen LogP contribution in [0.1, 0.15) is 21.6 Å². The van der Waals surface area contributed by atoms with Crippen LogP contribution in [0, 0.1) is 6.92 Å². The molecule has 0 bridgehead atoms. The van der Waals surface area contributed by atoms with Gasteiger partial charge in [-0.1, -0.05) is 42.5 Å². The van der Waals surface area contributed by atoms with Crippen LogP contribution in [-0.2, 0) is 6.61 Å². The van der Waals surface area contributed by atoms with Gasteiger partial charge in [0.25, 0.3) is 5.91 Å². The molecule has 0 saturated heterocycles. The second kappa shape index (κ2) is 7.69. The van der Waals surface area contributed by atoms with E-state index in [1.165, 1.54) is 0 Å². The minimum atomic E-state index is -0.648. The number of aromatic amines is 1. The Kier molecular flexibility index (Phi) is 4.93. The summed E-state index contributed by atoms with van der Waals surface area (Å²) in [5.74, 6) is -0.648. The molecule has 4 N–H and O–H groups in total. The number of carbonyl (C=O) groups excluding carboxylic acids is 1. The fourth-order valence-electron chi connectivity index (χ4n) is 3.20. The Labute approximate surface area is 167 Å². The third kappa shape index (κ3) is 3.66. The van der Waals surface area contributed by atoms with E-state index in [1.54, 1.807) is 12.3 Å². The van der Waals surface area contributed by atoms with Crippen molar-refractivity contribution in [2.24, 2.45) is 10.7 Å². The van der Waals surface area contributed by atoms with Crippen LogP contribution >= 0.6 is 0 Å². The predicted molar refractivity (Wildman–Crippen MR) is 109 cm³/mol. The number of hydrogen-bond acceptors (Lipinski definition) is 4. The van der Waals surface area contributed by atoms with Crippen molar-refractivity contribution in [3.63, 3.8) is 0 Å². The Morgan fingerprint density at radius 1 is 1.10 bits per heavy atom. The molecular weight excluding hydrogens is 366 g/mol. The Bertz CT molecular complexity index is 1260. The number of rotatable bonds is 4. The molecule has 4 rings (SSSR count). The Hall–Kier alpha value is -3.77. The van der Waals surface area contributed by atoms with Gasteiger partial charge in [0.15, 0.2) is 6.20 Å². The van der Waals surface area contributed by atoms with Crippen LogP contribution in [0.4, 0.5) is 5.69 Å². The van der Waals surface area contributed by atoms with Crippen molar-refractivity contribution in [1.82, 2.24) is 0 Å². The summed E-state index contributed by atoms with van der Waals surface area (Å²) in [7, 11) is 0. The van der Waals surface area contributed by atoms with Crippen molar-refractivity contribution >= 4 is 22.6 Å². The molecule has 29 heavy (non-hydrogen) atoms. The molecule has 2 aromatic carbocycles. The molecule has 0 atom stereocenters. The number of aliphatic hydroxyl groups is 1. The molecule has 0 aliphatic carbocycles. The lowest BCUT2D eigenvalue weighted by molar-refractivity contribution is -0.386. The normalized spacial score (nSPS) is 11.7. The number of carbonyl (C=O) groups is 1. The maximum absolute atomic E-state index is 12.0. The summed E-state index contributed by atoms with van der Waals surface area (Å²) in [5, 5.41) is 10.2. The quantitative estimate of drug-likeness (QED) is 0.563. The van der Waals surface area contributed by atoms with Crippen molar-refractivity contribution in [3.05, 3.63) is 89.2 Å². The summed E-state index contributed by atoms with van der Waals surface area (Å²) in [6, 6.07) is 19.3. The zero-order chi connectivity index (χ0) is 20.4. The van der Waals surface area contributed by atoms with Crippen LogP contribution in [0.5, 0.6) is 0 Å². The first-order chi connectivity index (χ1) is 14.1. The van der Waals surface area contributed by atoms with E-state index < -0.39 is 5.91 Å². The molecule has 0 aliphatic rings. The van der Waals surface area contributed by atoms with Crippen LogP contribution in [0.2, 0.25) is 0 Å². The summed E-state index contributed by atoms with van der Waals surface area (Å²) >= 11 is 0. The average molecular weight is 386 g/mol. The zero-order valence-corrected chi connectivity index (χ0v) is 15.8. The van der Waals surface area contributed by atoms with Gasteiger partial charge in [-0.05, 0) is 29.3 Å². The van der Waals surface area contributed by atoms with E-state index in [0.29, 0.717) is 22.2 Å². The topological polar surface area (TPSA) is 103 Å². The summed E-state index contributed by atoms with van der Waals surface area (Å²) in [6.45, 7) is 1.65. The Morgan fingerprint density at radius 2 is 1.79 bits per heavy atom. The van der Waals surface area contributed by atoms with Gasteiger partial charge in [0.2, 0.25) is 16.8 Å². The van der Waals surface area contributed by atoms with Crippen LogP contribution in [0.15, 0.2) is 76.3 Å². The van der Waals surface area contributed by atoms with Crippen LogP contribution in [0.3, 0.4) is 0 Å². The number of H-pyrrole nitrogens is 1. The van der Waals surface area contributed by atoms with Gasteiger partial charge in [-0.25, -0.2) is 9.98 Å². The molecule has 144 valence electrons. The van der Waals surface area contributed by atoms with Gasteiger partial charge in [-0.3, -0.25) is 4.79 Å². The molecule has 0 saturated carbocycles. The monoisotopic (exact) mass is 386 g/mol. The van der Waals surface area contributed by atoms with Crippen LogP contribution in [-0.4, -0.2) is 11.0 Å². The van der Waals surface area contributed by atoms with Crippen molar-refractivity contribution in [2.45, 2.75) is 13.5 Å². The lowest BCUT2D eigenvalue weighted by atomic mass is 10.1. The molecular formula is C23H20N3O3+. The first-order valence-corrected chi connectivity index (χ1v) is 9.15. The number of primary amides is 1. The van der Waals surface area contributed by atoms with Gasteiger partial charge in [-0.15, -0.1) is 0 Å². The number of aliphatic hydroxyl groups excluding tert-OH is 1. The summed E-state index contributed by atoms with van der Waals surface area (Å²) < 4.78 is 5.94. The Morgan fingerprint density at radius 3 is 2.45 bits per heavy atom. The molecule has 0 aliphatic heterocycles. The maximum Gasteiger partial charge on any atom is 0.254 e. The summed E-state index contributed by atoms with van der Waals surface area (Å²) in [6.07, 6.45) is 1.68. The van der Waals surface area contributed by atoms with Gasteiger partial charge in [0, 0.05) is 12.3 Å². The minimum Gasteiger partial charge on any atom is -0.431 e. The second-order valence-electron chi connectivity index (χ2n) is 6.69. The molecule has 6 nitrogen and oxygen atoms in total. The third-order valence-corrected chi connectivity index (χ3v) is 4.75. The predicted octanol–water partition coefficient (Wildman–Crippen LogP) is 3.05. The standard InChI is InChI=1S/C23H19N3O3/c1-14-21-19(17(13-27)12-25-14)11-20(22(24)28)23(29-21)26-18-9-7-16(8-10-18)15-5-3-2-4-6-15/h2-12,27H,13H2,1H3,(H2,24,28)/p+1. The second-order valence-corrected chi connectivity index (χ2v) is 6.69. The van der Waals surface area contributed by atoms with Gasteiger partial charge in [-0.2, -0.15) is 0 Å². The van der Waals surface area contributed by atoms with Crippen LogP contribution in [0.25, 0.3) is 22.1 Å². The van der Waals surface area contributed by atoms with Crippen LogP contribution < -0.4 is 16.3 Å². The van der Waals surface area contributed by atoms with Gasteiger partial charge in [0.1, 0.15) is 5.56 Å². The number of pyridine rings is 1. The highest BCUT2D eigenvalue weighted by atomic mass is 16.3. The minimum absolute atomic E-state index is 0.129. The first kappa shape index (κ1) is 18.6. The van der Waals surface area contributed by atoms with Crippen molar-refractivity contribution in [1.29, 1.82) is 0 Å². The van der Waals surface area contributed by atoms with Gasteiger partial charge >= 0.3 is 0 Å². The van der Waals surface area contributed by atoms with Crippen molar-refractivity contribution in [3.8, 4) is 11.1 Å². The number of hydrogen-bond donors (Lipinski definition) is 2. The number of nitrogens with zero attached hydrogens (tertiary/aromatic N) is 1. The average Bonchev–Trinajstić information content (AvgIpc) is 2.75. The third-order valence-electron chi connectivity index (χ3n) is 4.75. The number of aryl methyl sites for hydroxylation is 1. The van der Waals surface area contributed by atoms with Gasteiger partial charge in [0.05, 0.1) is 17.9 Å². The lowest BCUT2D eigenvalue weighted by Crippen LogP contribution is -2.23. The van der Waals surface area contributed by atoms with Gasteiger partial charge < -0.3 is 15.3 Å². The van der Waals surface area contributed by atoms with E-state index in [1.807, 2.05) is 61.5 Å². The molecule has 2 heterocycles. The fraction of sp³-hybridized carbons (Fsp3) is 0.0870. The highest BCUT2D eigenvalue weighted by Gasteiger charge is 2.16. The number of benzene rings is 2.